The lowest BCUT2D eigenvalue weighted by Gasteiger charge is -2.04. The number of hydrogen-bond acceptors (Lipinski definition) is 3. The van der Waals surface area contributed by atoms with Crippen LogP contribution >= 0.6 is 0 Å². The standard InChI is InChI=1S/C16H12N4O/c21-16(13-6-2-1-3-7-13)19-20-9-5-4-8-15(20)14-10-17-12-18-11-14/h1-12H/p+1. The summed E-state index contributed by atoms with van der Waals surface area (Å²) in [6.45, 7) is 0. The molecule has 3 aromatic rings. The van der Waals surface area contributed by atoms with Gasteiger partial charge >= 0.3 is 5.91 Å². The normalized spacial score (nSPS) is 10.1. The number of carbonyl (C=O) groups excluding carboxylic acids is 1. The molecule has 0 bridgehead atoms. The molecule has 21 heavy (non-hydrogen) atoms. The van der Waals surface area contributed by atoms with E-state index in [9.17, 15) is 4.79 Å². The molecule has 0 saturated carbocycles. The van der Waals surface area contributed by atoms with Gasteiger partial charge in [-0.15, -0.1) is 5.43 Å². The van der Waals surface area contributed by atoms with Gasteiger partial charge in [-0.25, -0.2) is 9.97 Å². The van der Waals surface area contributed by atoms with Gasteiger partial charge in [0.1, 0.15) is 6.33 Å². The lowest BCUT2D eigenvalue weighted by molar-refractivity contribution is -0.630. The fraction of sp³-hybridized carbons (Fsp3) is 0. The number of nitrogens with one attached hydrogen (secondary N) is 1. The van der Waals surface area contributed by atoms with Gasteiger partial charge in [0.05, 0.1) is 5.56 Å². The molecule has 2 heterocycles. The van der Waals surface area contributed by atoms with Crippen LogP contribution in [-0.2, 0) is 0 Å². The third-order valence-corrected chi connectivity index (χ3v) is 2.97. The average molecular weight is 277 g/mol. The average Bonchev–Trinajstić information content (AvgIpc) is 2.57. The van der Waals surface area contributed by atoms with Gasteiger partial charge in [-0.2, -0.15) is 0 Å². The lowest BCUT2D eigenvalue weighted by atomic mass is 10.2. The predicted octanol–water partition coefficient (Wildman–Crippen LogP) is 1.81. The molecular formula is C16H13N4O+. The van der Waals surface area contributed by atoms with Crippen LogP contribution in [0.1, 0.15) is 10.4 Å². The maximum Gasteiger partial charge on any atom is 0.305 e. The number of rotatable bonds is 3. The Balaban J connectivity index is 1.92. The molecule has 1 N–H and O–H groups in total. The number of hydrogen-bond donors (Lipinski definition) is 1. The van der Waals surface area contributed by atoms with E-state index in [1.54, 1.807) is 35.4 Å². The van der Waals surface area contributed by atoms with E-state index in [0.29, 0.717) is 5.56 Å². The fourth-order valence-electron chi connectivity index (χ4n) is 1.97. The minimum atomic E-state index is -0.176. The van der Waals surface area contributed by atoms with Gasteiger partial charge in [0.15, 0.2) is 0 Å². The molecule has 102 valence electrons. The molecule has 0 aliphatic rings. The zero-order chi connectivity index (χ0) is 14.5. The van der Waals surface area contributed by atoms with Gasteiger partial charge < -0.3 is 0 Å². The van der Waals surface area contributed by atoms with Crippen molar-refractivity contribution in [2.45, 2.75) is 0 Å². The quantitative estimate of drug-likeness (QED) is 0.743. The molecule has 0 unspecified atom stereocenters. The van der Waals surface area contributed by atoms with Gasteiger partial charge in [-0.3, -0.25) is 4.79 Å². The van der Waals surface area contributed by atoms with E-state index in [-0.39, 0.29) is 5.91 Å². The van der Waals surface area contributed by atoms with Crippen molar-refractivity contribution in [1.82, 2.24) is 9.97 Å². The summed E-state index contributed by atoms with van der Waals surface area (Å²) in [5.41, 5.74) is 5.08. The van der Waals surface area contributed by atoms with Crippen molar-refractivity contribution >= 4 is 5.91 Å². The molecule has 1 aromatic carbocycles. The molecule has 0 atom stereocenters. The maximum atomic E-state index is 12.2. The van der Waals surface area contributed by atoms with Crippen LogP contribution in [0.5, 0.6) is 0 Å². The number of pyridine rings is 1. The lowest BCUT2D eigenvalue weighted by Crippen LogP contribution is -2.49. The molecule has 5 heteroatoms. The zero-order valence-corrected chi connectivity index (χ0v) is 11.2. The maximum absolute atomic E-state index is 12.2. The summed E-state index contributed by atoms with van der Waals surface area (Å²) < 4.78 is 1.66. The summed E-state index contributed by atoms with van der Waals surface area (Å²) in [7, 11) is 0. The Morgan fingerprint density at radius 1 is 0.952 bits per heavy atom. The third-order valence-electron chi connectivity index (χ3n) is 2.97. The highest BCUT2D eigenvalue weighted by Crippen LogP contribution is 2.11. The number of aromatic nitrogens is 3. The van der Waals surface area contributed by atoms with E-state index in [0.717, 1.165) is 11.3 Å². The molecule has 0 spiro atoms. The van der Waals surface area contributed by atoms with Crippen LogP contribution < -0.4 is 10.1 Å². The van der Waals surface area contributed by atoms with E-state index in [4.69, 9.17) is 0 Å². The summed E-state index contributed by atoms with van der Waals surface area (Å²) in [5, 5.41) is 0. The van der Waals surface area contributed by atoms with Gasteiger partial charge in [0.25, 0.3) is 0 Å². The molecule has 0 aliphatic carbocycles. The summed E-state index contributed by atoms with van der Waals surface area (Å²) in [5.74, 6) is -0.176. The van der Waals surface area contributed by atoms with Crippen molar-refractivity contribution in [3.05, 3.63) is 79.0 Å². The van der Waals surface area contributed by atoms with Crippen molar-refractivity contribution in [1.29, 1.82) is 0 Å². The van der Waals surface area contributed by atoms with Gasteiger partial charge in [0.2, 0.25) is 11.9 Å². The second kappa shape index (κ2) is 5.92. The highest BCUT2D eigenvalue weighted by molar-refractivity contribution is 5.98. The highest BCUT2D eigenvalue weighted by atomic mass is 16.2. The van der Waals surface area contributed by atoms with E-state index in [1.165, 1.54) is 6.33 Å². The third kappa shape index (κ3) is 2.92. The van der Waals surface area contributed by atoms with Crippen molar-refractivity contribution in [3.8, 4) is 11.3 Å². The van der Waals surface area contributed by atoms with Gasteiger partial charge in [0, 0.05) is 30.1 Å². The Bertz CT molecular complexity index is 744. The number of nitrogens with zero attached hydrogens (tertiary/aromatic N) is 3. The van der Waals surface area contributed by atoms with Gasteiger partial charge in [-0.1, -0.05) is 22.9 Å². The predicted molar refractivity (Wildman–Crippen MR) is 77.8 cm³/mol. The minimum Gasteiger partial charge on any atom is -0.264 e. The Morgan fingerprint density at radius 2 is 1.67 bits per heavy atom. The largest absolute Gasteiger partial charge is 0.305 e. The summed E-state index contributed by atoms with van der Waals surface area (Å²) in [6.07, 6.45) is 6.66. The second-order valence-corrected chi connectivity index (χ2v) is 4.39. The van der Waals surface area contributed by atoms with Gasteiger partial charge in [-0.05, 0) is 18.2 Å². The number of amides is 1. The first-order valence-electron chi connectivity index (χ1n) is 6.47. The van der Waals surface area contributed by atoms with Crippen LogP contribution in [0.3, 0.4) is 0 Å². The smallest absolute Gasteiger partial charge is 0.264 e. The van der Waals surface area contributed by atoms with Crippen molar-refractivity contribution in [2.75, 3.05) is 5.43 Å². The SMILES string of the molecule is O=C(N[n+]1ccccc1-c1cncnc1)c1ccccc1. The Labute approximate surface area is 121 Å². The minimum absolute atomic E-state index is 0.176. The van der Waals surface area contributed by atoms with E-state index in [2.05, 4.69) is 15.4 Å². The molecule has 1 amide bonds. The van der Waals surface area contributed by atoms with Crippen LogP contribution in [0, 0.1) is 0 Å². The molecular weight excluding hydrogens is 264 g/mol. The first-order chi connectivity index (χ1) is 10.3. The summed E-state index contributed by atoms with van der Waals surface area (Å²) in [6, 6.07) is 14.7. The number of benzene rings is 1. The molecule has 0 aliphatic heterocycles. The Morgan fingerprint density at radius 3 is 2.43 bits per heavy atom. The van der Waals surface area contributed by atoms with E-state index < -0.39 is 0 Å². The van der Waals surface area contributed by atoms with Crippen LogP contribution in [0.4, 0.5) is 0 Å². The molecule has 2 aromatic heterocycles. The molecule has 0 saturated heterocycles. The first kappa shape index (κ1) is 12.9. The first-order valence-corrected chi connectivity index (χ1v) is 6.47. The van der Waals surface area contributed by atoms with E-state index >= 15 is 0 Å². The topological polar surface area (TPSA) is 58.8 Å². The highest BCUT2D eigenvalue weighted by Gasteiger charge is 2.16. The van der Waals surface area contributed by atoms with Crippen molar-refractivity contribution in [3.63, 3.8) is 0 Å². The summed E-state index contributed by atoms with van der Waals surface area (Å²) >= 11 is 0. The monoisotopic (exact) mass is 277 g/mol. The van der Waals surface area contributed by atoms with Crippen LogP contribution in [0.15, 0.2) is 73.4 Å². The second-order valence-electron chi connectivity index (χ2n) is 4.39. The Kier molecular flexibility index (Phi) is 3.64. The van der Waals surface area contributed by atoms with E-state index in [1.807, 2.05) is 36.4 Å². The summed E-state index contributed by atoms with van der Waals surface area (Å²) in [4.78, 5) is 20.2. The van der Waals surface area contributed by atoms with Crippen molar-refractivity contribution in [2.24, 2.45) is 0 Å². The molecule has 3 rings (SSSR count). The molecule has 0 radical (unpaired) electrons. The van der Waals surface area contributed by atoms with Crippen LogP contribution in [0.25, 0.3) is 11.3 Å². The molecule has 0 fully saturated rings. The van der Waals surface area contributed by atoms with Crippen LogP contribution in [0.2, 0.25) is 0 Å². The molecule has 5 nitrogen and oxygen atoms in total. The Hall–Kier alpha value is -3.08. The fourth-order valence-corrected chi connectivity index (χ4v) is 1.97. The number of carbonyl (C=O) groups is 1. The van der Waals surface area contributed by atoms with Crippen molar-refractivity contribution < 1.29 is 9.47 Å². The van der Waals surface area contributed by atoms with Crippen LogP contribution in [-0.4, -0.2) is 15.9 Å². The zero-order valence-electron chi connectivity index (χ0n) is 11.2.